The maximum Gasteiger partial charge on any atom is 0.245 e. The Kier molecular flexibility index (Phi) is 7.20. The predicted molar refractivity (Wildman–Crippen MR) is 95.0 cm³/mol. The van der Waals surface area contributed by atoms with E-state index in [-0.39, 0.29) is 24.5 Å². The van der Waals surface area contributed by atoms with E-state index in [0.29, 0.717) is 19.7 Å². The SMILES string of the molecule is CCN(CC)[C@H](CNC(=O)[C@@H]1COCCN1C(C)=O)c1ccsc1. The number of nitrogens with one attached hydrogen (secondary N) is 1. The van der Waals surface area contributed by atoms with E-state index in [1.54, 1.807) is 16.2 Å². The van der Waals surface area contributed by atoms with Crippen LogP contribution in [-0.2, 0) is 14.3 Å². The molecule has 0 bridgehead atoms. The number of carbonyl (C=O) groups excluding carboxylic acids is 2. The van der Waals surface area contributed by atoms with Crippen LogP contribution in [0.4, 0.5) is 0 Å². The summed E-state index contributed by atoms with van der Waals surface area (Å²) in [5.74, 6) is -0.228. The molecule has 2 heterocycles. The van der Waals surface area contributed by atoms with Crippen LogP contribution in [0.3, 0.4) is 0 Å². The summed E-state index contributed by atoms with van der Waals surface area (Å²) in [6.45, 7) is 9.32. The van der Waals surface area contributed by atoms with Crippen molar-refractivity contribution in [1.29, 1.82) is 0 Å². The highest BCUT2D eigenvalue weighted by atomic mass is 32.1. The average molecular weight is 353 g/mol. The van der Waals surface area contributed by atoms with E-state index in [1.807, 2.05) is 0 Å². The predicted octanol–water partition coefficient (Wildman–Crippen LogP) is 1.49. The van der Waals surface area contributed by atoms with E-state index in [2.05, 4.69) is 40.9 Å². The van der Waals surface area contributed by atoms with Crippen molar-refractivity contribution in [3.8, 4) is 0 Å². The molecule has 1 aliphatic heterocycles. The Bertz CT molecular complexity index is 531. The maximum atomic E-state index is 12.6. The molecule has 0 radical (unpaired) electrons. The van der Waals surface area contributed by atoms with Crippen LogP contribution >= 0.6 is 11.3 Å². The normalized spacial score (nSPS) is 19.3. The van der Waals surface area contributed by atoms with Crippen LogP contribution < -0.4 is 5.32 Å². The van der Waals surface area contributed by atoms with E-state index >= 15 is 0 Å². The zero-order valence-corrected chi connectivity index (χ0v) is 15.5. The summed E-state index contributed by atoms with van der Waals surface area (Å²) < 4.78 is 5.39. The fourth-order valence-electron chi connectivity index (χ4n) is 3.10. The lowest BCUT2D eigenvalue weighted by atomic mass is 10.1. The lowest BCUT2D eigenvalue weighted by Gasteiger charge is -2.35. The Morgan fingerprint density at radius 1 is 1.46 bits per heavy atom. The van der Waals surface area contributed by atoms with Gasteiger partial charge in [-0.15, -0.1) is 0 Å². The van der Waals surface area contributed by atoms with Crippen molar-refractivity contribution in [3.05, 3.63) is 22.4 Å². The number of amides is 2. The molecule has 2 atom stereocenters. The molecule has 1 fully saturated rings. The first-order chi connectivity index (χ1) is 11.6. The lowest BCUT2D eigenvalue weighted by Crippen LogP contribution is -2.56. The molecule has 0 aromatic carbocycles. The quantitative estimate of drug-likeness (QED) is 0.807. The number of morpholine rings is 1. The first kappa shape index (κ1) is 18.9. The van der Waals surface area contributed by atoms with Crippen LogP contribution in [-0.4, -0.2) is 67.0 Å². The van der Waals surface area contributed by atoms with Crippen molar-refractivity contribution in [1.82, 2.24) is 15.1 Å². The number of nitrogens with zero attached hydrogens (tertiary/aromatic N) is 2. The van der Waals surface area contributed by atoms with Gasteiger partial charge in [-0.25, -0.2) is 0 Å². The summed E-state index contributed by atoms with van der Waals surface area (Å²) in [4.78, 5) is 28.2. The molecule has 1 N–H and O–H groups in total. The standard InChI is InChI=1S/C17H27N3O3S/c1-4-19(5-2)15(14-6-9-24-12-14)10-18-17(22)16-11-23-8-7-20(16)13(3)21/h6,9,12,15-16H,4-5,7-8,10-11H2,1-3H3,(H,18,22)/t15-,16+/m1/s1. The van der Waals surface area contributed by atoms with E-state index < -0.39 is 6.04 Å². The van der Waals surface area contributed by atoms with E-state index in [9.17, 15) is 9.59 Å². The Balaban J connectivity index is 2.02. The van der Waals surface area contributed by atoms with Crippen LogP contribution in [0.25, 0.3) is 0 Å². The molecular weight excluding hydrogens is 326 g/mol. The van der Waals surface area contributed by atoms with Gasteiger partial charge >= 0.3 is 0 Å². The largest absolute Gasteiger partial charge is 0.377 e. The molecule has 1 saturated heterocycles. The van der Waals surface area contributed by atoms with E-state index in [1.165, 1.54) is 12.5 Å². The minimum Gasteiger partial charge on any atom is -0.377 e. The van der Waals surface area contributed by atoms with Crippen molar-refractivity contribution < 1.29 is 14.3 Å². The third kappa shape index (κ3) is 4.55. The first-order valence-electron chi connectivity index (χ1n) is 8.47. The second kappa shape index (κ2) is 9.15. The molecule has 7 heteroatoms. The zero-order chi connectivity index (χ0) is 17.5. The van der Waals surface area contributed by atoms with Crippen molar-refractivity contribution in [2.24, 2.45) is 0 Å². The molecule has 2 rings (SSSR count). The zero-order valence-electron chi connectivity index (χ0n) is 14.7. The Hall–Kier alpha value is -1.44. The summed E-state index contributed by atoms with van der Waals surface area (Å²) in [7, 11) is 0. The van der Waals surface area contributed by atoms with E-state index in [0.717, 1.165) is 13.1 Å². The van der Waals surface area contributed by atoms with Gasteiger partial charge in [-0.1, -0.05) is 13.8 Å². The molecule has 24 heavy (non-hydrogen) atoms. The molecule has 2 amide bonds. The fraction of sp³-hybridized carbons (Fsp3) is 0.647. The number of carbonyl (C=O) groups is 2. The monoisotopic (exact) mass is 353 g/mol. The Morgan fingerprint density at radius 2 is 2.21 bits per heavy atom. The van der Waals surface area contributed by atoms with Gasteiger partial charge in [0.05, 0.1) is 19.3 Å². The Morgan fingerprint density at radius 3 is 2.79 bits per heavy atom. The maximum absolute atomic E-state index is 12.6. The third-order valence-corrected chi connectivity index (χ3v) is 5.19. The number of hydrogen-bond donors (Lipinski definition) is 1. The van der Waals surface area contributed by atoms with Crippen molar-refractivity contribution in [2.75, 3.05) is 39.4 Å². The van der Waals surface area contributed by atoms with Gasteiger partial charge in [-0.2, -0.15) is 11.3 Å². The third-order valence-electron chi connectivity index (χ3n) is 4.49. The lowest BCUT2D eigenvalue weighted by molar-refractivity contribution is -0.147. The molecule has 1 aromatic heterocycles. The minimum absolute atomic E-state index is 0.0865. The van der Waals surface area contributed by atoms with Gasteiger partial charge in [-0.05, 0) is 35.5 Å². The molecular formula is C17H27N3O3S. The van der Waals surface area contributed by atoms with Crippen LogP contribution in [0.5, 0.6) is 0 Å². The van der Waals surface area contributed by atoms with Gasteiger partial charge in [0, 0.05) is 20.0 Å². The molecule has 0 saturated carbocycles. The van der Waals surface area contributed by atoms with Crippen LogP contribution in [0.15, 0.2) is 16.8 Å². The number of thiophene rings is 1. The highest BCUT2D eigenvalue weighted by molar-refractivity contribution is 7.07. The molecule has 0 unspecified atom stereocenters. The van der Waals surface area contributed by atoms with Gasteiger partial charge in [0.1, 0.15) is 6.04 Å². The van der Waals surface area contributed by atoms with Crippen LogP contribution in [0, 0.1) is 0 Å². The topological polar surface area (TPSA) is 61.9 Å². The molecule has 134 valence electrons. The number of ether oxygens (including phenoxy) is 1. The van der Waals surface area contributed by atoms with Gasteiger partial charge in [-0.3, -0.25) is 14.5 Å². The molecule has 0 spiro atoms. The van der Waals surface area contributed by atoms with Gasteiger partial charge < -0.3 is 15.0 Å². The molecule has 0 aliphatic carbocycles. The number of likely N-dealkylation sites (N-methyl/N-ethyl adjacent to an activating group) is 1. The highest BCUT2D eigenvalue weighted by Gasteiger charge is 2.31. The number of hydrogen-bond acceptors (Lipinski definition) is 5. The number of rotatable bonds is 7. The first-order valence-corrected chi connectivity index (χ1v) is 9.41. The Labute approximate surface area is 147 Å². The summed E-state index contributed by atoms with van der Waals surface area (Å²) in [5.41, 5.74) is 1.22. The van der Waals surface area contributed by atoms with Crippen molar-refractivity contribution >= 4 is 23.2 Å². The second-order valence-electron chi connectivity index (χ2n) is 5.84. The van der Waals surface area contributed by atoms with Gasteiger partial charge in [0.25, 0.3) is 0 Å². The molecule has 6 nitrogen and oxygen atoms in total. The fourth-order valence-corrected chi connectivity index (χ4v) is 3.81. The molecule has 1 aromatic rings. The summed E-state index contributed by atoms with van der Waals surface area (Å²) in [6, 6.07) is 1.72. The summed E-state index contributed by atoms with van der Waals surface area (Å²) in [6.07, 6.45) is 0. The van der Waals surface area contributed by atoms with E-state index in [4.69, 9.17) is 4.74 Å². The van der Waals surface area contributed by atoms with Crippen molar-refractivity contribution in [3.63, 3.8) is 0 Å². The summed E-state index contributed by atoms with van der Waals surface area (Å²) in [5, 5.41) is 7.21. The van der Waals surface area contributed by atoms with Crippen LogP contribution in [0.1, 0.15) is 32.4 Å². The van der Waals surface area contributed by atoms with Crippen molar-refractivity contribution in [2.45, 2.75) is 32.9 Å². The van der Waals surface area contributed by atoms with Gasteiger partial charge in [0.15, 0.2) is 0 Å². The smallest absolute Gasteiger partial charge is 0.245 e. The summed E-state index contributed by atoms with van der Waals surface area (Å²) >= 11 is 1.66. The van der Waals surface area contributed by atoms with Gasteiger partial charge in [0.2, 0.25) is 11.8 Å². The second-order valence-corrected chi connectivity index (χ2v) is 6.62. The van der Waals surface area contributed by atoms with Crippen LogP contribution in [0.2, 0.25) is 0 Å². The molecule has 1 aliphatic rings. The highest BCUT2D eigenvalue weighted by Crippen LogP contribution is 2.22. The minimum atomic E-state index is -0.531. The average Bonchev–Trinajstić information content (AvgIpc) is 3.12.